The van der Waals surface area contributed by atoms with Crippen molar-refractivity contribution in [3.05, 3.63) is 39.8 Å². The molecule has 6 nitrogen and oxygen atoms in total. The first-order valence-corrected chi connectivity index (χ1v) is 8.51. The van der Waals surface area contributed by atoms with Crippen molar-refractivity contribution in [3.8, 4) is 0 Å². The Kier molecular flexibility index (Phi) is 4.25. The highest BCUT2D eigenvalue weighted by Gasteiger charge is 2.43. The number of rotatable bonds is 3. The van der Waals surface area contributed by atoms with Crippen LogP contribution in [0.3, 0.4) is 0 Å². The Labute approximate surface area is 147 Å². The van der Waals surface area contributed by atoms with Gasteiger partial charge in [-0.3, -0.25) is 14.7 Å². The summed E-state index contributed by atoms with van der Waals surface area (Å²) in [5.74, 6) is 0. The maximum atomic E-state index is 12.8. The van der Waals surface area contributed by atoms with Crippen LogP contribution in [0.15, 0.2) is 23.1 Å². The lowest BCUT2D eigenvalue weighted by molar-refractivity contribution is -0.225. The number of nitrogens with zero attached hydrogens (tertiary/aromatic N) is 3. The van der Waals surface area contributed by atoms with Gasteiger partial charge in [0.2, 0.25) is 0 Å². The molecule has 0 spiro atoms. The van der Waals surface area contributed by atoms with E-state index in [-0.39, 0.29) is 5.52 Å². The SMILES string of the molecule is CON1CCN(Cc2cnc3cc(C(F)(F)F)c(=O)[nH]c3c2)C2CCC21. The lowest BCUT2D eigenvalue weighted by Gasteiger charge is -2.52. The van der Waals surface area contributed by atoms with E-state index in [0.717, 1.165) is 37.6 Å². The predicted octanol–water partition coefficient (Wildman–Crippen LogP) is 2.15. The van der Waals surface area contributed by atoms with E-state index < -0.39 is 17.3 Å². The fraction of sp³-hybridized carbons (Fsp3) is 0.529. The van der Waals surface area contributed by atoms with E-state index in [1.54, 1.807) is 19.4 Å². The van der Waals surface area contributed by atoms with Gasteiger partial charge in [-0.1, -0.05) is 0 Å². The van der Waals surface area contributed by atoms with Crippen LogP contribution in [-0.2, 0) is 17.6 Å². The Hall–Kier alpha value is -1.97. The third kappa shape index (κ3) is 3.00. The van der Waals surface area contributed by atoms with Gasteiger partial charge in [0.1, 0.15) is 5.56 Å². The topological polar surface area (TPSA) is 61.5 Å². The summed E-state index contributed by atoms with van der Waals surface area (Å²) >= 11 is 0. The molecule has 2 unspecified atom stereocenters. The van der Waals surface area contributed by atoms with Crippen molar-refractivity contribution in [2.75, 3.05) is 20.2 Å². The first-order chi connectivity index (χ1) is 12.4. The molecule has 2 aliphatic rings. The van der Waals surface area contributed by atoms with Crippen molar-refractivity contribution in [1.82, 2.24) is 19.9 Å². The van der Waals surface area contributed by atoms with Crippen LogP contribution in [0.4, 0.5) is 13.2 Å². The molecule has 9 heteroatoms. The number of pyridine rings is 2. The lowest BCUT2D eigenvalue weighted by atomic mass is 9.83. The number of alkyl halides is 3. The van der Waals surface area contributed by atoms with Gasteiger partial charge in [0.05, 0.1) is 24.2 Å². The van der Waals surface area contributed by atoms with E-state index in [1.165, 1.54) is 0 Å². The number of aromatic amines is 1. The summed E-state index contributed by atoms with van der Waals surface area (Å²) in [4.78, 5) is 25.9. The van der Waals surface area contributed by atoms with Crippen LogP contribution in [0.5, 0.6) is 0 Å². The van der Waals surface area contributed by atoms with Crippen LogP contribution in [0.25, 0.3) is 11.0 Å². The summed E-state index contributed by atoms with van der Waals surface area (Å²) in [7, 11) is 1.68. The summed E-state index contributed by atoms with van der Waals surface area (Å²) in [5.41, 5.74) is -1.05. The summed E-state index contributed by atoms with van der Waals surface area (Å²) < 4.78 is 38.5. The number of fused-ring (bicyclic) bond motifs is 2. The Morgan fingerprint density at radius 3 is 2.69 bits per heavy atom. The molecule has 2 aromatic heterocycles. The molecule has 2 fully saturated rings. The molecule has 1 aliphatic heterocycles. The van der Waals surface area contributed by atoms with Crippen LogP contribution in [0.1, 0.15) is 24.0 Å². The number of H-pyrrole nitrogens is 1. The third-order valence-electron chi connectivity index (χ3n) is 5.32. The van der Waals surface area contributed by atoms with Gasteiger partial charge in [0, 0.05) is 31.9 Å². The molecule has 1 saturated heterocycles. The standard InChI is InChI=1S/C17H19F3N4O2/c1-26-24-5-4-23(14-2-3-15(14)24)9-10-6-13-12(21-8-10)7-11(16(25)22-13)17(18,19)20/h6-8,14-15H,2-5,9H2,1H3,(H,22,25). The number of piperazine rings is 1. The van der Waals surface area contributed by atoms with Gasteiger partial charge < -0.3 is 9.82 Å². The van der Waals surface area contributed by atoms with E-state index in [0.29, 0.717) is 24.1 Å². The number of hydrogen-bond acceptors (Lipinski definition) is 5. The van der Waals surface area contributed by atoms with Crippen molar-refractivity contribution < 1.29 is 18.0 Å². The first kappa shape index (κ1) is 17.4. The van der Waals surface area contributed by atoms with Crippen LogP contribution in [0, 0.1) is 0 Å². The van der Waals surface area contributed by atoms with Gasteiger partial charge in [0.25, 0.3) is 5.56 Å². The minimum absolute atomic E-state index is 0.131. The third-order valence-corrected chi connectivity index (χ3v) is 5.32. The van der Waals surface area contributed by atoms with E-state index >= 15 is 0 Å². The molecule has 2 aromatic rings. The average molecular weight is 368 g/mol. The summed E-state index contributed by atoms with van der Waals surface area (Å²) in [6, 6.07) is 3.31. The van der Waals surface area contributed by atoms with E-state index in [9.17, 15) is 18.0 Å². The molecular formula is C17H19F3N4O2. The summed E-state index contributed by atoms with van der Waals surface area (Å²) in [6.07, 6.45) is -0.921. The smallest absolute Gasteiger partial charge is 0.320 e. The highest BCUT2D eigenvalue weighted by molar-refractivity contribution is 5.75. The molecule has 2 atom stereocenters. The Bertz CT molecular complexity index is 882. The van der Waals surface area contributed by atoms with Gasteiger partial charge in [-0.2, -0.15) is 18.2 Å². The molecule has 140 valence electrons. The number of aromatic nitrogens is 2. The van der Waals surface area contributed by atoms with Gasteiger partial charge in [-0.25, -0.2) is 0 Å². The Morgan fingerprint density at radius 2 is 2.04 bits per heavy atom. The van der Waals surface area contributed by atoms with Gasteiger partial charge in [0.15, 0.2) is 0 Å². The van der Waals surface area contributed by atoms with E-state index in [1.807, 2.05) is 5.06 Å². The molecular weight excluding hydrogens is 349 g/mol. The van der Waals surface area contributed by atoms with Crippen LogP contribution >= 0.6 is 0 Å². The van der Waals surface area contributed by atoms with Crippen molar-refractivity contribution in [1.29, 1.82) is 0 Å². The van der Waals surface area contributed by atoms with Crippen molar-refractivity contribution in [3.63, 3.8) is 0 Å². The predicted molar refractivity (Wildman–Crippen MR) is 88.3 cm³/mol. The molecule has 26 heavy (non-hydrogen) atoms. The second kappa shape index (κ2) is 6.33. The van der Waals surface area contributed by atoms with Crippen LogP contribution < -0.4 is 5.56 Å². The maximum Gasteiger partial charge on any atom is 0.421 e. The van der Waals surface area contributed by atoms with Gasteiger partial charge in [-0.05, 0) is 30.5 Å². The van der Waals surface area contributed by atoms with Gasteiger partial charge >= 0.3 is 6.18 Å². The maximum absolute atomic E-state index is 12.8. The Balaban J connectivity index is 1.58. The van der Waals surface area contributed by atoms with E-state index in [4.69, 9.17) is 4.84 Å². The fourth-order valence-electron chi connectivity index (χ4n) is 3.87. The number of hydrogen-bond donors (Lipinski definition) is 1. The van der Waals surface area contributed by atoms with E-state index in [2.05, 4.69) is 14.9 Å². The zero-order valence-electron chi connectivity index (χ0n) is 14.2. The molecule has 1 aliphatic carbocycles. The zero-order chi connectivity index (χ0) is 18.5. The summed E-state index contributed by atoms with van der Waals surface area (Å²) in [5, 5.41) is 2.01. The summed E-state index contributed by atoms with van der Waals surface area (Å²) in [6.45, 7) is 2.30. The minimum atomic E-state index is -4.69. The number of halogens is 3. The minimum Gasteiger partial charge on any atom is -0.320 e. The van der Waals surface area contributed by atoms with Crippen LogP contribution in [-0.4, -0.2) is 52.2 Å². The quantitative estimate of drug-likeness (QED) is 0.900. The molecule has 0 bridgehead atoms. The second-order valence-electron chi connectivity index (χ2n) is 6.79. The lowest BCUT2D eigenvalue weighted by Crippen LogP contribution is -2.63. The first-order valence-electron chi connectivity index (χ1n) is 8.51. The highest BCUT2D eigenvalue weighted by Crippen LogP contribution is 2.34. The highest BCUT2D eigenvalue weighted by atomic mass is 19.4. The molecule has 1 N–H and O–H groups in total. The second-order valence-corrected chi connectivity index (χ2v) is 6.79. The largest absolute Gasteiger partial charge is 0.421 e. The monoisotopic (exact) mass is 368 g/mol. The molecule has 4 rings (SSSR count). The normalized spacial score (nSPS) is 24.5. The molecule has 3 heterocycles. The van der Waals surface area contributed by atoms with Crippen molar-refractivity contribution >= 4 is 11.0 Å². The number of nitrogens with one attached hydrogen (secondary N) is 1. The Morgan fingerprint density at radius 1 is 1.27 bits per heavy atom. The zero-order valence-corrected chi connectivity index (χ0v) is 14.2. The van der Waals surface area contributed by atoms with Gasteiger partial charge in [-0.15, -0.1) is 0 Å². The van der Waals surface area contributed by atoms with Crippen LogP contribution in [0.2, 0.25) is 0 Å². The van der Waals surface area contributed by atoms with Crippen molar-refractivity contribution in [2.45, 2.75) is 37.6 Å². The molecule has 1 saturated carbocycles. The fourth-order valence-corrected chi connectivity index (χ4v) is 3.87. The molecule has 0 aromatic carbocycles. The van der Waals surface area contributed by atoms with Crippen molar-refractivity contribution in [2.24, 2.45) is 0 Å². The average Bonchev–Trinajstić information content (AvgIpc) is 2.54. The molecule has 0 amide bonds. The number of hydroxylamine groups is 2. The molecule has 0 radical (unpaired) electrons.